The van der Waals surface area contributed by atoms with Gasteiger partial charge in [-0.2, -0.15) is 0 Å². The predicted octanol–water partition coefficient (Wildman–Crippen LogP) is 3.80. The van der Waals surface area contributed by atoms with Crippen molar-refractivity contribution in [2.75, 3.05) is 26.2 Å². The van der Waals surface area contributed by atoms with Crippen molar-refractivity contribution >= 4 is 24.8 Å². The summed E-state index contributed by atoms with van der Waals surface area (Å²) in [6.45, 7) is 9.99. The molecule has 122 valence electrons. The van der Waals surface area contributed by atoms with Crippen LogP contribution in [0.1, 0.15) is 32.4 Å². The molecular weight excluding hydrogens is 317 g/mol. The molecule has 2 rings (SSSR count). The van der Waals surface area contributed by atoms with E-state index >= 15 is 0 Å². The lowest BCUT2D eigenvalue weighted by Crippen LogP contribution is -2.48. The van der Waals surface area contributed by atoms with E-state index in [0.717, 1.165) is 37.8 Å². The van der Waals surface area contributed by atoms with Crippen LogP contribution in [0.15, 0.2) is 18.2 Å². The summed E-state index contributed by atoms with van der Waals surface area (Å²) in [6.07, 6.45) is 0. The maximum absolute atomic E-state index is 13.5. The van der Waals surface area contributed by atoms with E-state index in [2.05, 4.69) is 31.0 Å². The Labute approximate surface area is 138 Å². The molecule has 1 aliphatic rings. The van der Waals surface area contributed by atoms with Crippen LogP contribution in [0.5, 0.6) is 0 Å². The SMILES string of the molecule is CC(C)(C)[C@H](c1cc(F)cc(F)c1)N1CCNCC1.Cl.Cl. The van der Waals surface area contributed by atoms with E-state index in [1.54, 1.807) is 0 Å². The molecule has 0 bridgehead atoms. The van der Waals surface area contributed by atoms with Crippen LogP contribution in [0.25, 0.3) is 0 Å². The lowest BCUT2D eigenvalue weighted by atomic mass is 9.81. The predicted molar refractivity (Wildman–Crippen MR) is 87.5 cm³/mol. The molecule has 1 fully saturated rings. The second-order valence-electron chi connectivity index (χ2n) is 6.26. The highest BCUT2D eigenvalue weighted by Crippen LogP contribution is 2.38. The molecule has 1 N–H and O–H groups in total. The van der Waals surface area contributed by atoms with Gasteiger partial charge in [0.25, 0.3) is 0 Å². The molecule has 0 spiro atoms. The van der Waals surface area contributed by atoms with E-state index < -0.39 is 11.6 Å². The van der Waals surface area contributed by atoms with Crippen LogP contribution in [0.2, 0.25) is 0 Å². The van der Waals surface area contributed by atoms with Crippen molar-refractivity contribution in [3.8, 4) is 0 Å². The Morgan fingerprint density at radius 1 is 1.00 bits per heavy atom. The van der Waals surface area contributed by atoms with E-state index in [1.807, 2.05) is 0 Å². The summed E-state index contributed by atoms with van der Waals surface area (Å²) in [5.74, 6) is -1.00. The number of benzene rings is 1. The molecule has 0 unspecified atom stereocenters. The zero-order chi connectivity index (χ0) is 14.0. The fourth-order valence-corrected chi connectivity index (χ4v) is 2.93. The average molecular weight is 341 g/mol. The first kappa shape index (κ1) is 20.6. The molecule has 0 aromatic heterocycles. The number of hydrogen-bond donors (Lipinski definition) is 1. The minimum Gasteiger partial charge on any atom is -0.314 e. The Bertz CT molecular complexity index is 424. The first-order valence-corrected chi connectivity index (χ1v) is 6.79. The Morgan fingerprint density at radius 2 is 1.48 bits per heavy atom. The summed E-state index contributed by atoms with van der Waals surface area (Å²) in [5, 5.41) is 3.31. The van der Waals surface area contributed by atoms with Gasteiger partial charge in [-0.15, -0.1) is 24.8 Å². The molecule has 21 heavy (non-hydrogen) atoms. The Hall–Kier alpha value is -0.420. The molecule has 2 nitrogen and oxygen atoms in total. The van der Waals surface area contributed by atoms with Gasteiger partial charge in [0, 0.05) is 38.3 Å². The van der Waals surface area contributed by atoms with Crippen LogP contribution in [0.3, 0.4) is 0 Å². The van der Waals surface area contributed by atoms with E-state index in [9.17, 15) is 8.78 Å². The fourth-order valence-electron chi connectivity index (χ4n) is 2.93. The van der Waals surface area contributed by atoms with Crippen molar-refractivity contribution in [2.24, 2.45) is 5.41 Å². The van der Waals surface area contributed by atoms with Gasteiger partial charge >= 0.3 is 0 Å². The first-order valence-electron chi connectivity index (χ1n) is 6.79. The van der Waals surface area contributed by atoms with Crippen LogP contribution >= 0.6 is 24.8 Å². The summed E-state index contributed by atoms with van der Waals surface area (Å²) < 4.78 is 26.9. The van der Waals surface area contributed by atoms with Crippen LogP contribution in [0.4, 0.5) is 8.78 Å². The average Bonchev–Trinajstić information content (AvgIpc) is 2.27. The standard InChI is InChI=1S/C15H22F2N2.2ClH/c1-15(2,3)14(19-6-4-18-5-7-19)11-8-12(16)10-13(17)9-11;;/h8-10,14,18H,4-7H2,1-3H3;2*1H/t14-;;/m0../s1. The van der Waals surface area contributed by atoms with Crippen molar-refractivity contribution in [3.63, 3.8) is 0 Å². The number of halogens is 4. The summed E-state index contributed by atoms with van der Waals surface area (Å²) in [4.78, 5) is 2.31. The maximum Gasteiger partial charge on any atom is 0.126 e. The largest absolute Gasteiger partial charge is 0.314 e. The maximum atomic E-state index is 13.5. The minimum absolute atomic E-state index is 0. The number of hydrogen-bond acceptors (Lipinski definition) is 2. The molecule has 1 saturated heterocycles. The van der Waals surface area contributed by atoms with E-state index in [4.69, 9.17) is 0 Å². The fraction of sp³-hybridized carbons (Fsp3) is 0.600. The van der Waals surface area contributed by atoms with Gasteiger partial charge in [-0.05, 0) is 23.1 Å². The molecule has 6 heteroatoms. The topological polar surface area (TPSA) is 15.3 Å². The third-order valence-corrected chi connectivity index (χ3v) is 3.54. The molecule has 1 aromatic rings. The molecule has 0 aliphatic carbocycles. The van der Waals surface area contributed by atoms with E-state index in [1.165, 1.54) is 12.1 Å². The zero-order valence-corrected chi connectivity index (χ0v) is 14.3. The molecule has 1 heterocycles. The van der Waals surface area contributed by atoms with Gasteiger partial charge in [0.05, 0.1) is 0 Å². The van der Waals surface area contributed by atoms with Gasteiger partial charge in [-0.25, -0.2) is 8.78 Å². The van der Waals surface area contributed by atoms with Crippen LogP contribution < -0.4 is 5.32 Å². The van der Waals surface area contributed by atoms with Crippen molar-refractivity contribution in [2.45, 2.75) is 26.8 Å². The van der Waals surface area contributed by atoms with Crippen molar-refractivity contribution < 1.29 is 8.78 Å². The molecule has 0 radical (unpaired) electrons. The Balaban J connectivity index is 0.00000200. The zero-order valence-electron chi connectivity index (χ0n) is 12.7. The first-order chi connectivity index (χ1) is 8.88. The Morgan fingerprint density at radius 3 is 1.90 bits per heavy atom. The number of nitrogens with zero attached hydrogens (tertiary/aromatic N) is 1. The normalized spacial score (nSPS) is 17.6. The van der Waals surface area contributed by atoms with Crippen LogP contribution in [-0.4, -0.2) is 31.1 Å². The highest BCUT2D eigenvalue weighted by Gasteiger charge is 2.33. The third kappa shape index (κ3) is 5.37. The number of piperazine rings is 1. The monoisotopic (exact) mass is 340 g/mol. The summed E-state index contributed by atoms with van der Waals surface area (Å²) in [5.41, 5.74) is 0.657. The quantitative estimate of drug-likeness (QED) is 0.880. The van der Waals surface area contributed by atoms with Crippen LogP contribution in [0, 0.1) is 17.0 Å². The van der Waals surface area contributed by atoms with Gasteiger partial charge in [0.2, 0.25) is 0 Å². The number of rotatable bonds is 2. The summed E-state index contributed by atoms with van der Waals surface area (Å²) in [6, 6.07) is 3.88. The highest BCUT2D eigenvalue weighted by molar-refractivity contribution is 5.85. The second-order valence-corrected chi connectivity index (χ2v) is 6.26. The van der Waals surface area contributed by atoms with Gasteiger partial charge in [-0.3, -0.25) is 4.90 Å². The number of nitrogens with one attached hydrogen (secondary N) is 1. The highest BCUT2D eigenvalue weighted by atomic mass is 35.5. The Kier molecular flexibility index (Phi) is 8.11. The minimum atomic E-state index is -0.501. The van der Waals surface area contributed by atoms with Gasteiger partial charge < -0.3 is 5.32 Å². The smallest absolute Gasteiger partial charge is 0.126 e. The van der Waals surface area contributed by atoms with Gasteiger partial charge in [0.1, 0.15) is 11.6 Å². The van der Waals surface area contributed by atoms with Gasteiger partial charge in [-0.1, -0.05) is 20.8 Å². The second kappa shape index (κ2) is 8.28. The molecule has 1 aliphatic heterocycles. The van der Waals surface area contributed by atoms with E-state index in [0.29, 0.717) is 0 Å². The summed E-state index contributed by atoms with van der Waals surface area (Å²) >= 11 is 0. The molecular formula is C15H24Cl2F2N2. The van der Waals surface area contributed by atoms with Crippen LogP contribution in [-0.2, 0) is 0 Å². The third-order valence-electron chi connectivity index (χ3n) is 3.54. The molecule has 0 amide bonds. The van der Waals surface area contributed by atoms with Crippen molar-refractivity contribution in [1.82, 2.24) is 10.2 Å². The lowest BCUT2D eigenvalue weighted by molar-refractivity contribution is 0.0858. The summed E-state index contributed by atoms with van der Waals surface area (Å²) in [7, 11) is 0. The van der Waals surface area contributed by atoms with Gasteiger partial charge in [0.15, 0.2) is 0 Å². The molecule has 0 saturated carbocycles. The van der Waals surface area contributed by atoms with Crippen molar-refractivity contribution in [1.29, 1.82) is 0 Å². The van der Waals surface area contributed by atoms with E-state index in [-0.39, 0.29) is 36.3 Å². The molecule has 1 atom stereocenters. The lowest BCUT2D eigenvalue weighted by Gasteiger charge is -2.42. The van der Waals surface area contributed by atoms with Crippen molar-refractivity contribution in [3.05, 3.63) is 35.4 Å². The molecule has 1 aromatic carbocycles.